The van der Waals surface area contributed by atoms with Crippen LogP contribution < -0.4 is 29.4 Å². The summed E-state index contributed by atoms with van der Waals surface area (Å²) in [5.74, 6) is 0. The molecule has 11 heteroatoms. The molecular formula is O6P2Yb3. The van der Waals surface area contributed by atoms with E-state index in [0.29, 0.717) is 0 Å². The SMILES string of the molecule is [O-]P([O-])[O-].[O-]P([O-])[O-].[Yb+2].[Yb+2].[Yb+2]. The molecule has 0 amide bonds. The van der Waals surface area contributed by atoms with Gasteiger partial charge in [0.05, 0.1) is 0 Å². The molecule has 0 aliphatic rings. The van der Waals surface area contributed by atoms with Gasteiger partial charge < -0.3 is 46.6 Å². The fourth-order valence-electron chi connectivity index (χ4n) is 0. The minimum atomic E-state index is -3.37. The maximum absolute atomic E-state index is 8.48. The van der Waals surface area contributed by atoms with Gasteiger partial charge in [0.15, 0.2) is 0 Å². The van der Waals surface area contributed by atoms with E-state index in [4.69, 9.17) is 29.4 Å². The summed E-state index contributed by atoms with van der Waals surface area (Å²) in [6.07, 6.45) is 0. The van der Waals surface area contributed by atoms with Crippen molar-refractivity contribution in [2.75, 3.05) is 0 Å². The van der Waals surface area contributed by atoms with Crippen molar-refractivity contribution >= 4 is 17.2 Å². The zero-order valence-corrected chi connectivity index (χ0v) is 11.1. The van der Waals surface area contributed by atoms with Crippen LogP contribution in [0.25, 0.3) is 0 Å². The summed E-state index contributed by atoms with van der Waals surface area (Å²) in [5.41, 5.74) is 0. The molecule has 88 valence electrons. The first-order valence-corrected chi connectivity index (χ1v) is 3.29. The van der Waals surface area contributed by atoms with Crippen LogP contribution in [0.3, 0.4) is 0 Å². The molecule has 0 atom stereocenters. The summed E-state index contributed by atoms with van der Waals surface area (Å²) < 4.78 is 0. The summed E-state index contributed by atoms with van der Waals surface area (Å²) in [4.78, 5) is 50.9. The molecule has 0 bridgehead atoms. The largest absolute Gasteiger partial charge is 2.00 e. The van der Waals surface area contributed by atoms with Crippen molar-refractivity contribution in [2.45, 2.75) is 0 Å². The second-order valence-electron chi connectivity index (χ2n) is 0.447. The number of hydrogen-bond acceptors (Lipinski definition) is 6. The summed E-state index contributed by atoms with van der Waals surface area (Å²) >= 11 is 0. The first-order chi connectivity index (χ1) is 3.46. The summed E-state index contributed by atoms with van der Waals surface area (Å²) in [7, 11) is -6.74. The van der Waals surface area contributed by atoms with Gasteiger partial charge >= 0.3 is 141 Å². The van der Waals surface area contributed by atoms with Gasteiger partial charge in [-0.1, -0.05) is 0 Å². The first kappa shape index (κ1) is 29.8. The average molecular weight is 677 g/mol. The fraction of sp³-hybridized carbons (Fsp3) is 0. The van der Waals surface area contributed by atoms with E-state index in [1.165, 1.54) is 0 Å². The molecule has 0 fully saturated rings. The van der Waals surface area contributed by atoms with Gasteiger partial charge in [-0.3, -0.25) is 0 Å². The first-order valence-electron chi connectivity index (χ1n) is 1.10. The van der Waals surface area contributed by atoms with Crippen molar-refractivity contribution < 1.29 is 170 Å². The molecule has 0 saturated heterocycles. The Morgan fingerprint density at radius 1 is 0.455 bits per heavy atom. The van der Waals surface area contributed by atoms with E-state index in [9.17, 15) is 0 Å². The molecule has 0 radical (unpaired) electrons. The molecule has 0 heterocycles. The van der Waals surface area contributed by atoms with Crippen LogP contribution in [-0.2, 0) is 0 Å². The normalized spacial score (nSPS) is 6.55. The average Bonchev–Trinajstić information content (AvgIpc) is 1.25. The van der Waals surface area contributed by atoms with Crippen molar-refractivity contribution in [3.8, 4) is 0 Å². The molecule has 11 heavy (non-hydrogen) atoms. The van der Waals surface area contributed by atoms with Gasteiger partial charge in [0.2, 0.25) is 0 Å². The zero-order valence-electron chi connectivity index (χ0n) is 4.15. The predicted molar refractivity (Wildman–Crippen MR) is 13.8 cm³/mol. The van der Waals surface area contributed by atoms with Gasteiger partial charge in [0.1, 0.15) is 0 Å². The Bertz CT molecular complexity index is 31.3. The van der Waals surface area contributed by atoms with Gasteiger partial charge in [-0.2, -0.15) is 0 Å². The number of hydrogen-bond donors (Lipinski definition) is 0. The van der Waals surface area contributed by atoms with Gasteiger partial charge in [-0.25, -0.2) is 0 Å². The van der Waals surface area contributed by atoms with Gasteiger partial charge in [-0.15, -0.1) is 0 Å². The molecule has 0 aromatic heterocycles. The van der Waals surface area contributed by atoms with Crippen LogP contribution in [0.15, 0.2) is 0 Å². The molecule has 6 nitrogen and oxygen atoms in total. The summed E-state index contributed by atoms with van der Waals surface area (Å²) in [6, 6.07) is 0. The fourth-order valence-corrected chi connectivity index (χ4v) is 0. The van der Waals surface area contributed by atoms with Gasteiger partial charge in [0.25, 0.3) is 0 Å². The summed E-state index contributed by atoms with van der Waals surface area (Å²) in [6.45, 7) is 0. The topological polar surface area (TPSA) is 138 Å². The molecule has 0 saturated carbocycles. The minimum absolute atomic E-state index is 0. The molecule has 0 N–H and O–H groups in total. The zero-order chi connectivity index (χ0) is 7.15. The van der Waals surface area contributed by atoms with E-state index in [1.54, 1.807) is 0 Å². The van der Waals surface area contributed by atoms with E-state index in [0.717, 1.165) is 0 Å². The van der Waals surface area contributed by atoms with E-state index in [-0.39, 0.29) is 141 Å². The maximum atomic E-state index is 8.48. The van der Waals surface area contributed by atoms with E-state index in [2.05, 4.69) is 0 Å². The van der Waals surface area contributed by atoms with Gasteiger partial charge in [-0.05, 0) is 0 Å². The third-order valence-electron chi connectivity index (χ3n) is 0. The second kappa shape index (κ2) is 24.4. The Morgan fingerprint density at radius 3 is 0.455 bits per heavy atom. The molecule has 0 unspecified atom stereocenters. The van der Waals surface area contributed by atoms with Crippen LogP contribution in [0.2, 0.25) is 0 Å². The Balaban J connectivity index is -0.0000000171. The Morgan fingerprint density at radius 2 is 0.455 bits per heavy atom. The smallest absolute Gasteiger partial charge is 0.854 e. The van der Waals surface area contributed by atoms with E-state index < -0.39 is 17.2 Å². The predicted octanol–water partition coefficient (Wildman–Crippen LogP) is -5.41. The molecule has 0 rings (SSSR count). The van der Waals surface area contributed by atoms with E-state index in [1.807, 2.05) is 0 Å². The van der Waals surface area contributed by atoms with Gasteiger partial charge in [0, 0.05) is 0 Å². The Kier molecular flexibility index (Phi) is 66.2. The van der Waals surface area contributed by atoms with E-state index >= 15 is 0 Å². The monoisotopic (exact) mass is 680 g/mol. The van der Waals surface area contributed by atoms with Crippen LogP contribution >= 0.6 is 17.2 Å². The third kappa shape index (κ3) is 98.3. The van der Waals surface area contributed by atoms with Crippen molar-refractivity contribution in [1.29, 1.82) is 0 Å². The number of rotatable bonds is 0. The van der Waals surface area contributed by atoms with Crippen LogP contribution in [0.5, 0.6) is 0 Å². The van der Waals surface area contributed by atoms with Crippen LogP contribution in [0.4, 0.5) is 0 Å². The van der Waals surface area contributed by atoms with Crippen molar-refractivity contribution in [3.63, 3.8) is 0 Å². The van der Waals surface area contributed by atoms with Crippen molar-refractivity contribution in [1.82, 2.24) is 0 Å². The summed E-state index contributed by atoms with van der Waals surface area (Å²) in [5, 5.41) is 0. The molecule has 0 aromatic carbocycles. The molecule has 0 spiro atoms. The molecule has 0 aromatic rings. The maximum Gasteiger partial charge on any atom is 2.00 e. The van der Waals surface area contributed by atoms with Crippen molar-refractivity contribution in [2.24, 2.45) is 0 Å². The minimum Gasteiger partial charge on any atom is -0.854 e. The molecule has 0 aliphatic heterocycles. The standard InChI is InChI=1S/2O3P.3Yb/c2*1-4(2)3;;;/q2*-3;3*+2. The molecular weight excluding hydrogens is 677 g/mol. The Hall–Kier alpha value is 5.18. The third-order valence-corrected chi connectivity index (χ3v) is 0. The van der Waals surface area contributed by atoms with Crippen LogP contribution in [0.1, 0.15) is 0 Å². The Labute approximate surface area is 182 Å². The van der Waals surface area contributed by atoms with Crippen LogP contribution in [0, 0.1) is 141 Å². The van der Waals surface area contributed by atoms with Crippen molar-refractivity contribution in [3.05, 3.63) is 0 Å². The quantitative estimate of drug-likeness (QED) is 0.235. The van der Waals surface area contributed by atoms with Crippen LogP contribution in [-0.4, -0.2) is 0 Å². The second-order valence-corrected chi connectivity index (χ2v) is 1.34. The molecule has 0 aliphatic carbocycles.